The summed E-state index contributed by atoms with van der Waals surface area (Å²) in [6, 6.07) is 17.9. The summed E-state index contributed by atoms with van der Waals surface area (Å²) >= 11 is 0. The molecule has 0 spiro atoms. The van der Waals surface area contributed by atoms with E-state index in [-0.39, 0.29) is 0 Å². The minimum atomic E-state index is -5.94. The Kier molecular flexibility index (Phi) is 6.30. The molecular weight excluding hydrogens is 355 g/mol. The predicted molar refractivity (Wildman–Crippen MR) is 78.2 cm³/mol. The van der Waals surface area contributed by atoms with Crippen LogP contribution in [0.15, 0.2) is 71.6 Å². The molecule has 10 heteroatoms. The van der Waals surface area contributed by atoms with Crippen molar-refractivity contribution in [1.82, 2.24) is 4.13 Å². The Bertz CT molecular complexity index is 779. The van der Waals surface area contributed by atoms with Crippen LogP contribution in [0.5, 0.6) is 0 Å². The van der Waals surface area contributed by atoms with Gasteiger partial charge in [-0.2, -0.15) is 13.2 Å². The summed E-state index contributed by atoms with van der Waals surface area (Å²) < 4.78 is 80.4. The highest BCUT2D eigenvalue weighted by Crippen LogP contribution is 2.23. The number of nitrogens with one attached hydrogen (secondary N) is 1. The number of rotatable bonds is 3. The highest BCUT2D eigenvalue weighted by molar-refractivity contribution is 8.05. The molecule has 0 aromatic heterocycles. The lowest BCUT2D eigenvalue weighted by molar-refractivity contribution is -0.0441. The number of alkyl halides is 3. The maximum absolute atomic E-state index is 12.0. The van der Waals surface area contributed by atoms with E-state index in [0.717, 1.165) is 12.1 Å². The fourth-order valence-electron chi connectivity index (χ4n) is 1.22. The molecule has 0 radical (unpaired) electrons. The van der Waals surface area contributed by atoms with Gasteiger partial charge in [-0.05, 0) is 12.1 Å². The number of sulfonamides is 2. The molecule has 0 heterocycles. The average Bonchev–Trinajstić information content (AvgIpc) is 2.48. The lowest BCUT2D eigenvalue weighted by Gasteiger charge is -2.09. The van der Waals surface area contributed by atoms with Gasteiger partial charge in [0.1, 0.15) is 0 Å². The number of hydrogen-bond acceptors (Lipinski definition) is 4. The fourth-order valence-corrected chi connectivity index (χ4v) is 3.66. The smallest absolute Gasteiger partial charge is 0.206 e. The van der Waals surface area contributed by atoms with Crippen molar-refractivity contribution < 1.29 is 30.0 Å². The Morgan fingerprint density at radius 2 is 1.04 bits per heavy atom. The Morgan fingerprint density at radius 1 is 0.696 bits per heavy atom. The standard InChI is InChI=1S/C7H6F3NO4S2.C6H6/c8-7(9,10)17(14,15)11-16(12,13)6-4-2-1-3-5-6;1-2-4-6-5-3-1/h1-5,11H;1-6H. The van der Waals surface area contributed by atoms with E-state index in [4.69, 9.17) is 0 Å². The number of halogens is 3. The van der Waals surface area contributed by atoms with Crippen LogP contribution in [0.4, 0.5) is 13.2 Å². The summed E-state index contributed by atoms with van der Waals surface area (Å²) in [6.45, 7) is 0. The first kappa shape index (κ1) is 19.1. The molecule has 0 saturated carbocycles. The number of hydrogen-bond donors (Lipinski definition) is 1. The first-order valence-corrected chi connectivity index (χ1v) is 8.93. The van der Waals surface area contributed by atoms with E-state index in [9.17, 15) is 30.0 Å². The van der Waals surface area contributed by atoms with Crippen LogP contribution in [0.2, 0.25) is 0 Å². The van der Waals surface area contributed by atoms with Crippen molar-refractivity contribution in [3.05, 3.63) is 66.7 Å². The van der Waals surface area contributed by atoms with Crippen LogP contribution in [-0.2, 0) is 20.0 Å². The third-order valence-corrected chi connectivity index (χ3v) is 5.50. The van der Waals surface area contributed by atoms with Gasteiger partial charge in [-0.25, -0.2) is 16.8 Å². The van der Waals surface area contributed by atoms with Gasteiger partial charge < -0.3 is 0 Å². The Morgan fingerprint density at radius 3 is 1.39 bits per heavy atom. The van der Waals surface area contributed by atoms with Crippen molar-refractivity contribution >= 4 is 20.0 Å². The molecule has 0 unspecified atom stereocenters. The van der Waals surface area contributed by atoms with E-state index in [1.165, 1.54) is 18.2 Å². The van der Waals surface area contributed by atoms with Gasteiger partial charge in [-0.15, -0.1) is 0 Å². The van der Waals surface area contributed by atoms with Crippen LogP contribution in [-0.4, -0.2) is 22.3 Å². The van der Waals surface area contributed by atoms with Crippen LogP contribution in [0.3, 0.4) is 0 Å². The maximum atomic E-state index is 12.0. The first-order chi connectivity index (χ1) is 10.6. The lowest BCUT2D eigenvalue weighted by Crippen LogP contribution is -2.40. The van der Waals surface area contributed by atoms with Crippen molar-refractivity contribution in [2.45, 2.75) is 10.4 Å². The molecule has 126 valence electrons. The molecule has 23 heavy (non-hydrogen) atoms. The summed E-state index contributed by atoms with van der Waals surface area (Å²) in [4.78, 5) is -0.576. The van der Waals surface area contributed by atoms with Crippen molar-refractivity contribution in [1.29, 1.82) is 0 Å². The molecule has 2 rings (SSSR count). The summed E-state index contributed by atoms with van der Waals surface area (Å²) in [5, 5.41) is 0. The monoisotopic (exact) mass is 367 g/mol. The summed E-state index contributed by atoms with van der Waals surface area (Å²) in [7, 11) is -10.7. The largest absolute Gasteiger partial charge is 0.512 e. The quantitative estimate of drug-likeness (QED) is 0.904. The van der Waals surface area contributed by atoms with E-state index in [1.807, 2.05) is 36.4 Å². The molecule has 0 fully saturated rings. The second-order valence-electron chi connectivity index (χ2n) is 4.00. The van der Waals surface area contributed by atoms with Crippen LogP contribution >= 0.6 is 0 Å². The minimum Gasteiger partial charge on any atom is -0.206 e. The summed E-state index contributed by atoms with van der Waals surface area (Å²) in [6.07, 6.45) is 0. The molecule has 5 nitrogen and oxygen atoms in total. The molecule has 2 aromatic carbocycles. The normalized spacial score (nSPS) is 12.1. The Balaban J connectivity index is 0.000000366. The van der Waals surface area contributed by atoms with Crippen LogP contribution < -0.4 is 4.13 Å². The zero-order valence-electron chi connectivity index (χ0n) is 11.4. The van der Waals surface area contributed by atoms with Crippen molar-refractivity contribution in [3.8, 4) is 0 Å². The van der Waals surface area contributed by atoms with E-state index in [2.05, 4.69) is 0 Å². The van der Waals surface area contributed by atoms with E-state index in [1.54, 1.807) is 0 Å². The topological polar surface area (TPSA) is 80.3 Å². The Hall–Kier alpha value is -1.91. The zero-order chi connectivity index (χ0) is 17.6. The fraction of sp³-hybridized carbons (Fsp3) is 0.0769. The van der Waals surface area contributed by atoms with Crippen LogP contribution in [0.25, 0.3) is 0 Å². The minimum absolute atomic E-state index is 0.576. The van der Waals surface area contributed by atoms with Gasteiger partial charge >= 0.3 is 15.5 Å². The molecule has 0 aliphatic heterocycles. The average molecular weight is 367 g/mol. The van der Waals surface area contributed by atoms with Gasteiger partial charge in [0.2, 0.25) is 0 Å². The van der Waals surface area contributed by atoms with Crippen molar-refractivity contribution in [3.63, 3.8) is 0 Å². The van der Waals surface area contributed by atoms with Crippen molar-refractivity contribution in [2.75, 3.05) is 0 Å². The molecule has 2 aromatic rings. The van der Waals surface area contributed by atoms with E-state index in [0.29, 0.717) is 4.13 Å². The zero-order valence-corrected chi connectivity index (χ0v) is 13.1. The lowest BCUT2D eigenvalue weighted by atomic mass is 10.4. The molecule has 0 amide bonds. The first-order valence-electron chi connectivity index (χ1n) is 5.96. The molecule has 0 bridgehead atoms. The van der Waals surface area contributed by atoms with E-state index < -0.39 is 30.5 Å². The molecule has 0 aliphatic rings. The number of benzene rings is 2. The van der Waals surface area contributed by atoms with Gasteiger partial charge in [0.25, 0.3) is 10.0 Å². The summed E-state index contributed by atoms with van der Waals surface area (Å²) in [5.74, 6) is 0. The second-order valence-corrected chi connectivity index (χ2v) is 7.62. The predicted octanol–water partition coefficient (Wildman–Crippen LogP) is 2.50. The molecule has 1 N–H and O–H groups in total. The van der Waals surface area contributed by atoms with Crippen molar-refractivity contribution in [2.24, 2.45) is 0 Å². The molecule has 0 saturated heterocycles. The van der Waals surface area contributed by atoms with Crippen LogP contribution in [0.1, 0.15) is 0 Å². The van der Waals surface area contributed by atoms with Gasteiger partial charge in [0.05, 0.1) is 4.90 Å². The third kappa shape index (κ3) is 6.00. The highest BCUT2D eigenvalue weighted by atomic mass is 32.3. The highest BCUT2D eigenvalue weighted by Gasteiger charge is 2.48. The van der Waals surface area contributed by atoms with Gasteiger partial charge in [-0.3, -0.25) is 0 Å². The second kappa shape index (κ2) is 7.57. The SMILES string of the molecule is O=S(=O)(NS(=O)(=O)C(F)(F)F)c1ccccc1.c1ccccc1. The molecule has 0 aliphatic carbocycles. The maximum Gasteiger partial charge on any atom is 0.512 e. The van der Waals surface area contributed by atoms with E-state index >= 15 is 0 Å². The Labute approximate surface area is 131 Å². The molecule has 0 atom stereocenters. The summed E-state index contributed by atoms with van der Waals surface area (Å²) in [5.41, 5.74) is -5.69. The molecular formula is C13H12F3NO4S2. The van der Waals surface area contributed by atoms with Gasteiger partial charge in [0, 0.05) is 0 Å². The van der Waals surface area contributed by atoms with Gasteiger partial charge in [0.15, 0.2) is 0 Å². The van der Waals surface area contributed by atoms with Gasteiger partial charge in [-0.1, -0.05) is 58.7 Å². The van der Waals surface area contributed by atoms with Crippen LogP contribution in [0, 0.1) is 0 Å². The third-order valence-electron chi connectivity index (χ3n) is 2.24.